The second kappa shape index (κ2) is 6.59. The third-order valence-electron chi connectivity index (χ3n) is 3.16. The zero-order valence-corrected chi connectivity index (χ0v) is 10.8. The summed E-state index contributed by atoms with van der Waals surface area (Å²) in [6.07, 6.45) is 1.74. The molecule has 0 aromatic carbocycles. The van der Waals surface area contributed by atoms with Gasteiger partial charge in [-0.15, -0.1) is 0 Å². The second-order valence-corrected chi connectivity index (χ2v) is 4.29. The number of hydrogen-bond acceptors (Lipinski definition) is 5. The highest BCUT2D eigenvalue weighted by Gasteiger charge is 2.31. The van der Waals surface area contributed by atoms with Crippen LogP contribution in [0.25, 0.3) is 0 Å². The van der Waals surface area contributed by atoms with E-state index in [1.165, 1.54) is 7.11 Å². The van der Waals surface area contributed by atoms with Crippen LogP contribution in [0.3, 0.4) is 0 Å². The molecule has 0 unspecified atom stereocenters. The predicted molar refractivity (Wildman–Crippen MR) is 62.4 cm³/mol. The molecular formula is C12H21NO4. The van der Waals surface area contributed by atoms with Gasteiger partial charge in [0.1, 0.15) is 6.04 Å². The minimum atomic E-state index is -0.294. The van der Waals surface area contributed by atoms with Crippen LogP contribution >= 0.6 is 0 Å². The van der Waals surface area contributed by atoms with Crippen molar-refractivity contribution in [3.63, 3.8) is 0 Å². The van der Waals surface area contributed by atoms with E-state index in [4.69, 9.17) is 9.47 Å². The lowest BCUT2D eigenvalue weighted by molar-refractivity contribution is -0.154. The molecule has 17 heavy (non-hydrogen) atoms. The van der Waals surface area contributed by atoms with Crippen LogP contribution in [0.1, 0.15) is 26.7 Å². The van der Waals surface area contributed by atoms with Gasteiger partial charge in [-0.05, 0) is 33.2 Å². The van der Waals surface area contributed by atoms with Gasteiger partial charge < -0.3 is 9.47 Å². The molecular weight excluding hydrogens is 222 g/mol. The van der Waals surface area contributed by atoms with Crippen LogP contribution in [0.5, 0.6) is 0 Å². The molecule has 0 bridgehead atoms. The summed E-state index contributed by atoms with van der Waals surface area (Å²) in [5.41, 5.74) is 0. The van der Waals surface area contributed by atoms with Crippen LogP contribution in [0, 0.1) is 5.92 Å². The first-order valence-corrected chi connectivity index (χ1v) is 6.08. The van der Waals surface area contributed by atoms with Gasteiger partial charge in [-0.25, -0.2) is 0 Å². The third kappa shape index (κ3) is 3.70. The number of nitrogens with zero attached hydrogens (tertiary/aromatic N) is 1. The molecule has 98 valence electrons. The number of methoxy groups -OCH3 is 1. The molecule has 0 aliphatic carbocycles. The summed E-state index contributed by atoms with van der Waals surface area (Å²) in [4.78, 5) is 25.1. The van der Waals surface area contributed by atoms with E-state index >= 15 is 0 Å². The van der Waals surface area contributed by atoms with Crippen LogP contribution in [-0.4, -0.2) is 49.7 Å². The standard InChI is InChI=1S/C12H21NO4/c1-4-17-12(15)10-6-5-7-13(8-10)9(2)11(14)16-3/h9-10H,4-8H2,1-3H3/t9-,10-/m1/s1. The van der Waals surface area contributed by atoms with Crippen LogP contribution < -0.4 is 0 Å². The lowest BCUT2D eigenvalue weighted by Gasteiger charge is -2.34. The highest BCUT2D eigenvalue weighted by atomic mass is 16.5. The highest BCUT2D eigenvalue weighted by Crippen LogP contribution is 2.20. The zero-order chi connectivity index (χ0) is 12.8. The van der Waals surface area contributed by atoms with Crippen molar-refractivity contribution in [3.8, 4) is 0 Å². The summed E-state index contributed by atoms with van der Waals surface area (Å²) in [7, 11) is 1.38. The molecule has 0 N–H and O–H groups in total. The zero-order valence-electron chi connectivity index (χ0n) is 10.8. The molecule has 1 saturated heterocycles. The Labute approximate surface area is 102 Å². The molecule has 1 aliphatic heterocycles. The Morgan fingerprint density at radius 2 is 2.18 bits per heavy atom. The number of piperidine rings is 1. The van der Waals surface area contributed by atoms with Gasteiger partial charge in [0, 0.05) is 6.54 Å². The van der Waals surface area contributed by atoms with Crippen LogP contribution in [0.4, 0.5) is 0 Å². The Bertz CT molecular complexity index is 280. The van der Waals surface area contributed by atoms with E-state index in [0.29, 0.717) is 13.2 Å². The lowest BCUT2D eigenvalue weighted by Crippen LogP contribution is -2.47. The number of likely N-dealkylation sites (tertiary alicyclic amines) is 1. The van der Waals surface area contributed by atoms with Gasteiger partial charge in [-0.1, -0.05) is 0 Å². The number of hydrogen-bond donors (Lipinski definition) is 0. The monoisotopic (exact) mass is 243 g/mol. The minimum Gasteiger partial charge on any atom is -0.468 e. The molecule has 0 saturated carbocycles. The first-order chi connectivity index (χ1) is 8.10. The van der Waals surface area contributed by atoms with Gasteiger partial charge in [-0.3, -0.25) is 14.5 Å². The van der Waals surface area contributed by atoms with E-state index < -0.39 is 0 Å². The fourth-order valence-electron chi connectivity index (χ4n) is 2.13. The lowest BCUT2D eigenvalue weighted by atomic mass is 9.97. The molecule has 0 aromatic rings. The molecule has 5 heteroatoms. The normalized spacial score (nSPS) is 22.9. The fourth-order valence-corrected chi connectivity index (χ4v) is 2.13. The maximum Gasteiger partial charge on any atom is 0.322 e. The van der Waals surface area contributed by atoms with Crippen molar-refractivity contribution in [1.82, 2.24) is 4.90 Å². The maximum atomic E-state index is 11.6. The second-order valence-electron chi connectivity index (χ2n) is 4.29. The van der Waals surface area contributed by atoms with Crippen molar-refractivity contribution < 1.29 is 19.1 Å². The van der Waals surface area contributed by atoms with E-state index in [1.54, 1.807) is 13.8 Å². The summed E-state index contributed by atoms with van der Waals surface area (Å²) in [6.45, 7) is 5.41. The summed E-state index contributed by atoms with van der Waals surface area (Å²) in [5, 5.41) is 0. The van der Waals surface area contributed by atoms with Crippen LogP contribution in [0.2, 0.25) is 0 Å². The molecule has 5 nitrogen and oxygen atoms in total. The molecule has 1 rings (SSSR count). The number of carbonyl (C=O) groups is 2. The van der Waals surface area contributed by atoms with Crippen LogP contribution in [-0.2, 0) is 19.1 Å². The van der Waals surface area contributed by atoms with E-state index in [1.807, 2.05) is 4.90 Å². The Morgan fingerprint density at radius 1 is 1.47 bits per heavy atom. The van der Waals surface area contributed by atoms with E-state index in [2.05, 4.69) is 0 Å². The van der Waals surface area contributed by atoms with Crippen molar-refractivity contribution in [2.24, 2.45) is 5.92 Å². The van der Waals surface area contributed by atoms with Crippen molar-refractivity contribution in [3.05, 3.63) is 0 Å². The molecule has 1 fully saturated rings. The maximum absolute atomic E-state index is 11.6. The van der Waals surface area contributed by atoms with Gasteiger partial charge in [0.05, 0.1) is 19.6 Å². The highest BCUT2D eigenvalue weighted by molar-refractivity contribution is 5.76. The van der Waals surface area contributed by atoms with Crippen molar-refractivity contribution in [2.45, 2.75) is 32.7 Å². The van der Waals surface area contributed by atoms with Gasteiger partial charge in [-0.2, -0.15) is 0 Å². The first kappa shape index (κ1) is 14.0. The van der Waals surface area contributed by atoms with Crippen molar-refractivity contribution in [1.29, 1.82) is 0 Å². The summed E-state index contributed by atoms with van der Waals surface area (Å²) >= 11 is 0. The van der Waals surface area contributed by atoms with Crippen LogP contribution in [0.15, 0.2) is 0 Å². The molecule has 0 spiro atoms. The average Bonchev–Trinajstić information content (AvgIpc) is 2.37. The quantitative estimate of drug-likeness (QED) is 0.684. The topological polar surface area (TPSA) is 55.8 Å². The Balaban J connectivity index is 2.54. The Hall–Kier alpha value is -1.10. The smallest absolute Gasteiger partial charge is 0.322 e. The fraction of sp³-hybridized carbons (Fsp3) is 0.833. The molecule has 0 radical (unpaired) electrons. The van der Waals surface area contributed by atoms with E-state index in [-0.39, 0.29) is 23.9 Å². The number of carbonyl (C=O) groups excluding carboxylic acids is 2. The van der Waals surface area contributed by atoms with E-state index in [9.17, 15) is 9.59 Å². The molecule has 2 atom stereocenters. The van der Waals surface area contributed by atoms with Gasteiger partial charge in [0.2, 0.25) is 0 Å². The molecule has 0 aromatic heterocycles. The van der Waals surface area contributed by atoms with Gasteiger partial charge >= 0.3 is 11.9 Å². The average molecular weight is 243 g/mol. The predicted octanol–water partition coefficient (Wildman–Crippen LogP) is 0.823. The Morgan fingerprint density at radius 3 is 2.76 bits per heavy atom. The summed E-state index contributed by atoms with van der Waals surface area (Å²) in [6, 6.07) is -0.294. The number of esters is 2. The largest absolute Gasteiger partial charge is 0.468 e. The summed E-state index contributed by atoms with van der Waals surface area (Å²) in [5.74, 6) is -0.528. The number of ether oxygens (including phenoxy) is 2. The SMILES string of the molecule is CCOC(=O)[C@@H]1CCCN([C@H](C)C(=O)OC)C1. The summed E-state index contributed by atoms with van der Waals surface area (Å²) < 4.78 is 9.73. The van der Waals surface area contributed by atoms with E-state index in [0.717, 1.165) is 19.4 Å². The van der Waals surface area contributed by atoms with Gasteiger partial charge in [0.15, 0.2) is 0 Å². The minimum absolute atomic E-state index is 0.115. The van der Waals surface area contributed by atoms with Crippen molar-refractivity contribution >= 4 is 11.9 Å². The third-order valence-corrected chi connectivity index (χ3v) is 3.16. The first-order valence-electron chi connectivity index (χ1n) is 6.08. The van der Waals surface area contributed by atoms with Gasteiger partial charge in [0.25, 0.3) is 0 Å². The number of rotatable bonds is 4. The molecule has 0 amide bonds. The van der Waals surface area contributed by atoms with Crippen molar-refractivity contribution in [2.75, 3.05) is 26.8 Å². The molecule has 1 heterocycles. The Kier molecular flexibility index (Phi) is 5.41. The molecule has 1 aliphatic rings.